The maximum absolute atomic E-state index is 11.5. The molecule has 1 aromatic carbocycles. The summed E-state index contributed by atoms with van der Waals surface area (Å²) in [6.45, 7) is 3.83. The molecule has 0 aliphatic heterocycles. The Labute approximate surface area is 99.3 Å². The lowest BCUT2D eigenvalue weighted by molar-refractivity contribution is -0.121. The summed E-state index contributed by atoms with van der Waals surface area (Å²) in [4.78, 5) is 15.8. The van der Waals surface area contributed by atoms with Gasteiger partial charge in [-0.1, -0.05) is 12.1 Å². The van der Waals surface area contributed by atoms with Gasteiger partial charge in [-0.15, -0.1) is 10.2 Å². The number of hydrogen-bond acceptors (Lipinski definition) is 4. The molecule has 5 nitrogen and oxygen atoms in total. The van der Waals surface area contributed by atoms with E-state index < -0.39 is 0 Å². The zero-order valence-electron chi connectivity index (χ0n) is 9.84. The fourth-order valence-corrected chi connectivity index (χ4v) is 1.51. The number of fused-ring (bicyclic) bond motifs is 1. The molecule has 1 aromatic heterocycles. The number of amides is 1. The molecule has 0 fully saturated rings. The van der Waals surface area contributed by atoms with Crippen LogP contribution in [-0.4, -0.2) is 27.1 Å². The number of carbonyl (C=O) groups is 1. The molecule has 1 heterocycles. The summed E-state index contributed by atoms with van der Waals surface area (Å²) in [5, 5.41) is 10.7. The molecular weight excluding hydrogens is 216 g/mol. The highest BCUT2D eigenvalue weighted by Crippen LogP contribution is 2.06. The standard InChI is InChI=1S/C12H14N4O/c1-8(2)13-12(17)7-11-14-9-5-3-4-6-10(9)15-16-11/h3-6,8H,7H2,1-2H3,(H,13,17). The Morgan fingerprint density at radius 2 is 1.94 bits per heavy atom. The number of benzene rings is 1. The summed E-state index contributed by atoms with van der Waals surface area (Å²) < 4.78 is 0. The molecule has 0 radical (unpaired) electrons. The molecule has 0 aliphatic rings. The predicted octanol–water partition coefficient (Wildman–Crippen LogP) is 1.09. The van der Waals surface area contributed by atoms with Gasteiger partial charge in [0.05, 0.1) is 11.9 Å². The molecule has 5 heteroatoms. The van der Waals surface area contributed by atoms with E-state index in [2.05, 4.69) is 20.5 Å². The molecule has 0 unspecified atom stereocenters. The zero-order valence-corrected chi connectivity index (χ0v) is 9.84. The van der Waals surface area contributed by atoms with Crippen molar-refractivity contribution in [3.05, 3.63) is 30.1 Å². The van der Waals surface area contributed by atoms with E-state index in [0.29, 0.717) is 5.82 Å². The van der Waals surface area contributed by atoms with E-state index in [1.807, 2.05) is 38.1 Å². The molecule has 1 N–H and O–H groups in total. The molecule has 0 atom stereocenters. The Bertz CT molecular complexity index is 539. The molecule has 1 amide bonds. The predicted molar refractivity (Wildman–Crippen MR) is 64.3 cm³/mol. The summed E-state index contributed by atoms with van der Waals surface area (Å²) in [7, 11) is 0. The van der Waals surface area contributed by atoms with Gasteiger partial charge < -0.3 is 5.32 Å². The maximum Gasteiger partial charge on any atom is 0.227 e. The SMILES string of the molecule is CC(C)NC(=O)Cc1nnc2ccccc2n1. The second-order valence-corrected chi connectivity index (χ2v) is 4.12. The molecule has 2 aromatic rings. The summed E-state index contributed by atoms with van der Waals surface area (Å²) in [5.41, 5.74) is 1.50. The van der Waals surface area contributed by atoms with Crippen LogP contribution in [0, 0.1) is 0 Å². The third-order valence-corrected chi connectivity index (χ3v) is 2.17. The molecule has 17 heavy (non-hydrogen) atoms. The van der Waals surface area contributed by atoms with Crippen LogP contribution in [0.5, 0.6) is 0 Å². The molecule has 2 rings (SSSR count). The first-order valence-electron chi connectivity index (χ1n) is 5.53. The van der Waals surface area contributed by atoms with E-state index in [4.69, 9.17) is 0 Å². The van der Waals surface area contributed by atoms with Crippen LogP contribution in [0.15, 0.2) is 24.3 Å². The van der Waals surface area contributed by atoms with Crippen molar-refractivity contribution in [3.8, 4) is 0 Å². The molecule has 0 saturated carbocycles. The van der Waals surface area contributed by atoms with Crippen molar-refractivity contribution >= 4 is 16.9 Å². The molecule has 0 saturated heterocycles. The van der Waals surface area contributed by atoms with Crippen LogP contribution in [0.2, 0.25) is 0 Å². The van der Waals surface area contributed by atoms with Crippen molar-refractivity contribution in [2.24, 2.45) is 0 Å². The summed E-state index contributed by atoms with van der Waals surface area (Å²) >= 11 is 0. The normalized spacial score (nSPS) is 10.8. The van der Waals surface area contributed by atoms with Crippen molar-refractivity contribution in [2.75, 3.05) is 0 Å². The number of carbonyl (C=O) groups excluding carboxylic acids is 1. The van der Waals surface area contributed by atoms with Gasteiger partial charge in [0, 0.05) is 6.04 Å². The lowest BCUT2D eigenvalue weighted by atomic mass is 10.3. The molecule has 0 aliphatic carbocycles. The average Bonchev–Trinajstić information content (AvgIpc) is 2.27. The van der Waals surface area contributed by atoms with Gasteiger partial charge in [-0.2, -0.15) is 0 Å². The summed E-state index contributed by atoms with van der Waals surface area (Å²) in [6, 6.07) is 7.58. The minimum absolute atomic E-state index is 0.0860. The van der Waals surface area contributed by atoms with Gasteiger partial charge in [0.25, 0.3) is 0 Å². The van der Waals surface area contributed by atoms with Gasteiger partial charge in [-0.3, -0.25) is 4.79 Å². The van der Waals surface area contributed by atoms with Crippen molar-refractivity contribution in [2.45, 2.75) is 26.3 Å². The number of rotatable bonds is 3. The van der Waals surface area contributed by atoms with E-state index in [9.17, 15) is 4.79 Å². The van der Waals surface area contributed by atoms with Crippen molar-refractivity contribution in [3.63, 3.8) is 0 Å². The molecule has 0 bridgehead atoms. The second kappa shape index (κ2) is 4.86. The van der Waals surface area contributed by atoms with Crippen LogP contribution >= 0.6 is 0 Å². The van der Waals surface area contributed by atoms with E-state index >= 15 is 0 Å². The van der Waals surface area contributed by atoms with Crippen molar-refractivity contribution < 1.29 is 4.79 Å². The first-order chi connectivity index (χ1) is 8.15. The van der Waals surface area contributed by atoms with Gasteiger partial charge in [0.15, 0.2) is 5.82 Å². The average molecular weight is 230 g/mol. The third kappa shape index (κ3) is 2.96. The zero-order chi connectivity index (χ0) is 12.3. The third-order valence-electron chi connectivity index (χ3n) is 2.17. The minimum Gasteiger partial charge on any atom is -0.354 e. The molecule has 88 valence electrons. The number of aromatic nitrogens is 3. The lowest BCUT2D eigenvalue weighted by Crippen LogP contribution is -2.31. The van der Waals surface area contributed by atoms with Crippen molar-refractivity contribution in [1.29, 1.82) is 0 Å². The number of hydrogen-bond donors (Lipinski definition) is 1. The van der Waals surface area contributed by atoms with Crippen LogP contribution in [-0.2, 0) is 11.2 Å². The first-order valence-corrected chi connectivity index (χ1v) is 5.53. The van der Waals surface area contributed by atoms with Gasteiger partial charge in [0.1, 0.15) is 5.52 Å². The maximum atomic E-state index is 11.5. The van der Waals surface area contributed by atoms with Gasteiger partial charge in [-0.25, -0.2) is 4.98 Å². The van der Waals surface area contributed by atoms with Crippen LogP contribution in [0.3, 0.4) is 0 Å². The second-order valence-electron chi connectivity index (χ2n) is 4.12. The Morgan fingerprint density at radius 1 is 1.24 bits per heavy atom. The fourth-order valence-electron chi connectivity index (χ4n) is 1.51. The number of nitrogens with one attached hydrogen (secondary N) is 1. The Morgan fingerprint density at radius 3 is 2.65 bits per heavy atom. The minimum atomic E-state index is -0.0860. The van der Waals surface area contributed by atoms with Gasteiger partial charge in [-0.05, 0) is 26.0 Å². The Balaban J connectivity index is 2.17. The smallest absolute Gasteiger partial charge is 0.227 e. The van der Waals surface area contributed by atoms with Crippen LogP contribution in [0.25, 0.3) is 11.0 Å². The monoisotopic (exact) mass is 230 g/mol. The summed E-state index contributed by atoms with van der Waals surface area (Å²) in [5.74, 6) is 0.360. The molecule has 0 spiro atoms. The van der Waals surface area contributed by atoms with E-state index in [1.54, 1.807) is 0 Å². The lowest BCUT2D eigenvalue weighted by Gasteiger charge is -2.07. The topological polar surface area (TPSA) is 67.8 Å². The van der Waals surface area contributed by atoms with Crippen molar-refractivity contribution in [1.82, 2.24) is 20.5 Å². The molecular formula is C12H14N4O. The van der Waals surface area contributed by atoms with E-state index in [-0.39, 0.29) is 18.4 Å². The van der Waals surface area contributed by atoms with Crippen LogP contribution < -0.4 is 5.32 Å². The van der Waals surface area contributed by atoms with Crippen LogP contribution in [0.1, 0.15) is 19.7 Å². The van der Waals surface area contributed by atoms with E-state index in [0.717, 1.165) is 11.0 Å². The van der Waals surface area contributed by atoms with Crippen LogP contribution in [0.4, 0.5) is 0 Å². The van der Waals surface area contributed by atoms with E-state index in [1.165, 1.54) is 0 Å². The summed E-state index contributed by atoms with van der Waals surface area (Å²) in [6.07, 6.45) is 0.163. The first kappa shape index (κ1) is 11.4. The van der Waals surface area contributed by atoms with Gasteiger partial charge in [0.2, 0.25) is 5.91 Å². The Hall–Kier alpha value is -2.04. The highest BCUT2D eigenvalue weighted by Gasteiger charge is 2.08. The number of nitrogens with zero attached hydrogens (tertiary/aromatic N) is 3. The Kier molecular flexibility index (Phi) is 3.27. The highest BCUT2D eigenvalue weighted by molar-refractivity contribution is 5.79. The number of para-hydroxylation sites is 1. The largest absolute Gasteiger partial charge is 0.354 e. The quantitative estimate of drug-likeness (QED) is 0.857. The van der Waals surface area contributed by atoms with Gasteiger partial charge >= 0.3 is 0 Å². The fraction of sp³-hybridized carbons (Fsp3) is 0.333. The highest BCUT2D eigenvalue weighted by atomic mass is 16.1.